The Morgan fingerprint density at radius 3 is 2.35 bits per heavy atom. The van der Waals surface area contributed by atoms with Gasteiger partial charge in [0.1, 0.15) is 11.3 Å². The predicted molar refractivity (Wildman–Crippen MR) is 182 cm³/mol. The number of pyridine rings is 1. The molecule has 1 N–H and O–H groups in total. The molecule has 0 aliphatic heterocycles. The van der Waals surface area contributed by atoms with Crippen LogP contribution in [0, 0.1) is 12.8 Å². The average Bonchev–Trinajstić information content (AvgIpc) is 3.43. The van der Waals surface area contributed by atoms with E-state index in [-0.39, 0.29) is 68.1 Å². The van der Waals surface area contributed by atoms with E-state index >= 15 is 0 Å². The lowest BCUT2D eigenvalue weighted by Crippen LogP contribution is -2.35. The summed E-state index contributed by atoms with van der Waals surface area (Å²) in [5.74, 6) is -0.387. The molecule has 15 heteroatoms. The van der Waals surface area contributed by atoms with Crippen molar-refractivity contribution in [3.8, 4) is 11.1 Å². The first kappa shape index (κ1) is 36.1. The van der Waals surface area contributed by atoms with Crippen molar-refractivity contribution in [1.82, 2.24) is 18.9 Å². The number of hydrogen-bond donors (Lipinski definition) is 1. The van der Waals surface area contributed by atoms with Gasteiger partial charge in [0.25, 0.3) is 16.4 Å². The molecular weight excluding hydrogens is 693 g/mol. The number of nitrogens with one attached hydrogen (secondary N) is 1. The third-order valence-corrected chi connectivity index (χ3v) is 10.6. The Balaban J connectivity index is 1.49. The SMILES string of the molecule is Cc1ccc(S(=O)(=O)n2cc(-c3cnc(C(F)F)c4cnc(N[C@@H]5CCCC[C@@H]5CC(=O)OC(C)(C)C)nc34)c3ccc(C(F)(F)F)cc32)cc1. The van der Waals surface area contributed by atoms with Crippen LogP contribution in [0.2, 0.25) is 0 Å². The molecule has 51 heavy (non-hydrogen) atoms. The molecule has 3 aromatic heterocycles. The second-order valence-electron chi connectivity index (χ2n) is 13.8. The lowest BCUT2D eigenvalue weighted by atomic mass is 9.82. The smallest absolute Gasteiger partial charge is 0.416 e. The van der Waals surface area contributed by atoms with Crippen molar-refractivity contribution in [2.45, 2.75) is 88.9 Å². The lowest BCUT2D eigenvalue weighted by Gasteiger charge is -2.32. The number of alkyl halides is 5. The molecule has 2 aromatic carbocycles. The number of ether oxygens (including phenoxy) is 1. The third kappa shape index (κ3) is 7.53. The Labute approximate surface area is 291 Å². The molecule has 0 saturated heterocycles. The summed E-state index contributed by atoms with van der Waals surface area (Å²) < 4.78 is 104. The van der Waals surface area contributed by atoms with Crippen LogP contribution in [-0.4, -0.2) is 45.0 Å². The third-order valence-electron chi connectivity index (χ3n) is 8.90. The van der Waals surface area contributed by atoms with Crippen LogP contribution in [0.3, 0.4) is 0 Å². The first-order valence-corrected chi connectivity index (χ1v) is 17.8. The van der Waals surface area contributed by atoms with Gasteiger partial charge in [-0.25, -0.2) is 31.1 Å². The Morgan fingerprint density at radius 1 is 0.980 bits per heavy atom. The Bertz CT molecular complexity index is 2210. The molecule has 0 amide bonds. The summed E-state index contributed by atoms with van der Waals surface area (Å²) in [4.78, 5) is 25.4. The predicted octanol–water partition coefficient (Wildman–Crippen LogP) is 8.85. The zero-order valence-electron chi connectivity index (χ0n) is 28.3. The zero-order chi connectivity index (χ0) is 36.9. The molecule has 1 fully saturated rings. The van der Waals surface area contributed by atoms with Crippen LogP contribution in [0.15, 0.2) is 66.0 Å². The molecule has 1 aliphatic carbocycles. The van der Waals surface area contributed by atoms with Crippen LogP contribution in [0.5, 0.6) is 0 Å². The minimum absolute atomic E-state index is 0.0102. The second-order valence-corrected chi connectivity index (χ2v) is 15.6. The first-order valence-electron chi connectivity index (χ1n) is 16.4. The van der Waals surface area contributed by atoms with E-state index in [1.54, 1.807) is 39.8 Å². The zero-order valence-corrected chi connectivity index (χ0v) is 29.1. The van der Waals surface area contributed by atoms with Crippen molar-refractivity contribution in [1.29, 1.82) is 0 Å². The quantitative estimate of drug-likeness (QED) is 0.124. The number of carbonyl (C=O) groups excluding carboxylic acids is 1. The number of halogens is 5. The van der Waals surface area contributed by atoms with Crippen LogP contribution >= 0.6 is 0 Å². The Hall–Kier alpha value is -4.66. The molecule has 0 radical (unpaired) electrons. The van der Waals surface area contributed by atoms with Crippen molar-refractivity contribution in [3.05, 3.63) is 77.9 Å². The highest BCUT2D eigenvalue weighted by molar-refractivity contribution is 7.90. The second kappa shape index (κ2) is 13.5. The summed E-state index contributed by atoms with van der Waals surface area (Å²) in [6, 6.07) is 8.30. The van der Waals surface area contributed by atoms with E-state index < -0.39 is 39.5 Å². The number of fused-ring (bicyclic) bond motifs is 2. The molecule has 1 aliphatic rings. The van der Waals surface area contributed by atoms with Crippen molar-refractivity contribution in [2.24, 2.45) is 5.92 Å². The van der Waals surface area contributed by atoms with Gasteiger partial charge in [0.2, 0.25) is 5.95 Å². The maximum atomic E-state index is 14.2. The van der Waals surface area contributed by atoms with E-state index in [0.29, 0.717) is 6.42 Å². The minimum Gasteiger partial charge on any atom is -0.460 e. The van der Waals surface area contributed by atoms with E-state index in [9.17, 15) is 35.2 Å². The summed E-state index contributed by atoms with van der Waals surface area (Å²) in [5.41, 5.74) is -1.63. The molecular formula is C36H36F5N5O4S. The van der Waals surface area contributed by atoms with Gasteiger partial charge < -0.3 is 10.1 Å². The van der Waals surface area contributed by atoms with E-state index in [0.717, 1.165) is 59.4 Å². The number of hydrogen-bond acceptors (Lipinski definition) is 8. The summed E-state index contributed by atoms with van der Waals surface area (Å²) in [5, 5.41) is 3.26. The highest BCUT2D eigenvalue weighted by atomic mass is 32.2. The van der Waals surface area contributed by atoms with Gasteiger partial charge in [0, 0.05) is 46.5 Å². The number of carbonyl (C=O) groups is 1. The molecule has 0 unspecified atom stereocenters. The maximum Gasteiger partial charge on any atom is 0.416 e. The molecule has 2 atom stereocenters. The molecule has 3 heterocycles. The van der Waals surface area contributed by atoms with Gasteiger partial charge in [-0.15, -0.1) is 0 Å². The molecule has 5 aromatic rings. The monoisotopic (exact) mass is 729 g/mol. The standard InChI is InChI=1S/C36H36F5N5O4S/c1-20-9-12-23(13-10-20)51(48,49)46-19-27(24-14-11-22(16-29(24)46)36(39,40)41)25-17-42-32(33(37)38)26-18-43-34(45-31(25)26)44-28-8-6-5-7-21(28)15-30(47)50-35(2,3)4/h9-14,16-19,21,28,33H,5-8,15H2,1-4H3,(H,43,44,45)/t21-,28-/m1/s1. The van der Waals surface area contributed by atoms with Crippen LogP contribution < -0.4 is 5.32 Å². The van der Waals surface area contributed by atoms with Gasteiger partial charge in [-0.2, -0.15) is 13.2 Å². The van der Waals surface area contributed by atoms with Gasteiger partial charge >= 0.3 is 12.1 Å². The van der Waals surface area contributed by atoms with Crippen LogP contribution in [0.4, 0.5) is 27.9 Å². The van der Waals surface area contributed by atoms with Gasteiger partial charge in [0.15, 0.2) is 0 Å². The fraction of sp³-hybridized carbons (Fsp3) is 0.389. The van der Waals surface area contributed by atoms with E-state index in [4.69, 9.17) is 4.74 Å². The van der Waals surface area contributed by atoms with Gasteiger partial charge in [0.05, 0.1) is 27.9 Å². The average molecular weight is 730 g/mol. The topological polar surface area (TPSA) is 116 Å². The number of esters is 1. The van der Waals surface area contributed by atoms with Crippen LogP contribution in [0.1, 0.15) is 76.1 Å². The van der Waals surface area contributed by atoms with Gasteiger partial charge in [-0.05, 0) is 70.7 Å². The van der Waals surface area contributed by atoms with E-state index in [1.807, 2.05) is 0 Å². The van der Waals surface area contributed by atoms with Gasteiger partial charge in [-0.1, -0.05) is 36.6 Å². The number of aryl methyl sites for hydroxylation is 1. The summed E-state index contributed by atoms with van der Waals surface area (Å²) >= 11 is 0. The Kier molecular flexibility index (Phi) is 9.55. The van der Waals surface area contributed by atoms with E-state index in [2.05, 4.69) is 20.3 Å². The van der Waals surface area contributed by atoms with Crippen molar-refractivity contribution >= 4 is 43.7 Å². The summed E-state index contributed by atoms with van der Waals surface area (Å²) in [7, 11) is -4.44. The number of benzene rings is 2. The van der Waals surface area contributed by atoms with E-state index in [1.165, 1.54) is 18.3 Å². The number of aromatic nitrogens is 4. The Morgan fingerprint density at radius 2 is 1.69 bits per heavy atom. The highest BCUT2D eigenvalue weighted by Crippen LogP contribution is 2.41. The molecule has 270 valence electrons. The van der Waals surface area contributed by atoms with Crippen molar-refractivity contribution in [3.63, 3.8) is 0 Å². The van der Waals surface area contributed by atoms with Crippen LogP contribution in [0.25, 0.3) is 32.9 Å². The first-order chi connectivity index (χ1) is 23.9. The van der Waals surface area contributed by atoms with Crippen molar-refractivity contribution in [2.75, 3.05) is 5.32 Å². The lowest BCUT2D eigenvalue weighted by molar-refractivity contribution is -0.156. The largest absolute Gasteiger partial charge is 0.460 e. The fourth-order valence-electron chi connectivity index (χ4n) is 6.50. The minimum atomic E-state index is -4.78. The number of anilines is 1. The normalized spacial score (nSPS) is 17.3. The molecule has 6 rings (SSSR count). The van der Waals surface area contributed by atoms with Gasteiger partial charge in [-0.3, -0.25) is 9.78 Å². The number of nitrogens with zero attached hydrogens (tertiary/aromatic N) is 4. The van der Waals surface area contributed by atoms with Crippen molar-refractivity contribution < 1.29 is 39.9 Å². The molecule has 1 saturated carbocycles. The van der Waals surface area contributed by atoms with Crippen LogP contribution in [-0.2, 0) is 25.7 Å². The summed E-state index contributed by atoms with van der Waals surface area (Å²) in [6.07, 6.45) is -0.972. The molecule has 9 nitrogen and oxygen atoms in total. The fourth-order valence-corrected chi connectivity index (χ4v) is 7.86. The molecule has 0 bridgehead atoms. The summed E-state index contributed by atoms with van der Waals surface area (Å²) in [6.45, 7) is 7.12. The number of rotatable bonds is 8. The maximum absolute atomic E-state index is 14.2. The highest BCUT2D eigenvalue weighted by Gasteiger charge is 2.33. The molecule has 0 spiro atoms.